The molecule has 0 rings (SSSR count). The van der Waals surface area contributed by atoms with Gasteiger partial charge in [0.25, 0.3) is 0 Å². The Hall–Kier alpha value is -0.130. The van der Waals surface area contributed by atoms with E-state index in [1.54, 1.807) is 0 Å². The number of rotatable bonds is 11. The van der Waals surface area contributed by atoms with E-state index in [1.165, 1.54) is 44.8 Å². The van der Waals surface area contributed by atoms with Crippen molar-refractivity contribution in [2.45, 2.75) is 58.4 Å². The molecule has 104 valence electrons. The second-order valence-corrected chi connectivity index (χ2v) is 6.56. The van der Waals surface area contributed by atoms with E-state index in [0.29, 0.717) is 19.1 Å². The molecule has 0 saturated carbocycles. The lowest BCUT2D eigenvalue weighted by atomic mass is 10.1. The van der Waals surface area contributed by atoms with Crippen molar-refractivity contribution in [1.29, 1.82) is 0 Å². The van der Waals surface area contributed by atoms with E-state index in [-0.39, 0.29) is 0 Å². The molecule has 0 fully saturated rings. The second kappa shape index (κ2) is 9.85. The Balaban J connectivity index is 3.32. The predicted molar refractivity (Wildman–Crippen MR) is 73.7 cm³/mol. The van der Waals surface area contributed by atoms with E-state index in [2.05, 4.69) is 23.9 Å². The molecule has 0 aromatic rings. The van der Waals surface area contributed by atoms with Gasteiger partial charge in [0.1, 0.15) is 0 Å². The van der Waals surface area contributed by atoms with Crippen LogP contribution >= 0.6 is 0 Å². The maximum absolute atomic E-state index is 10.8. The van der Waals surface area contributed by atoms with Crippen molar-refractivity contribution in [3.05, 3.63) is 0 Å². The average molecular weight is 264 g/mol. The third kappa shape index (κ3) is 13.8. The van der Waals surface area contributed by atoms with Crippen molar-refractivity contribution < 1.29 is 8.42 Å². The third-order valence-corrected chi connectivity index (χ3v) is 3.45. The fraction of sp³-hybridized carbons (Fsp3) is 1.00. The van der Waals surface area contributed by atoms with Crippen LogP contribution in [0.3, 0.4) is 0 Å². The lowest BCUT2D eigenvalue weighted by molar-refractivity contribution is 0.481. The molecular formula is C12H28N2O2S. The summed E-state index contributed by atoms with van der Waals surface area (Å²) < 4.78 is 24.1. The van der Waals surface area contributed by atoms with Crippen LogP contribution in [0.5, 0.6) is 0 Å². The number of hydrogen-bond acceptors (Lipinski definition) is 3. The third-order valence-electron chi connectivity index (χ3n) is 2.72. The Kier molecular flexibility index (Phi) is 9.78. The molecule has 1 unspecified atom stereocenters. The van der Waals surface area contributed by atoms with Crippen LogP contribution in [0.1, 0.15) is 52.4 Å². The van der Waals surface area contributed by atoms with Crippen LogP contribution in [-0.4, -0.2) is 33.8 Å². The summed E-state index contributed by atoms with van der Waals surface area (Å²) in [7, 11) is -3.04. The first kappa shape index (κ1) is 16.9. The molecule has 0 aromatic heterocycles. The number of nitrogens with one attached hydrogen (secondary N) is 2. The van der Waals surface area contributed by atoms with E-state index >= 15 is 0 Å². The maximum Gasteiger partial charge on any atom is 0.208 e. The van der Waals surface area contributed by atoms with Crippen molar-refractivity contribution in [2.75, 3.05) is 19.3 Å². The summed E-state index contributed by atoms with van der Waals surface area (Å²) in [5.74, 6) is 0. The molecule has 0 bridgehead atoms. The quantitative estimate of drug-likeness (QED) is 0.560. The van der Waals surface area contributed by atoms with Gasteiger partial charge in [0.15, 0.2) is 0 Å². The van der Waals surface area contributed by atoms with Crippen LogP contribution < -0.4 is 10.0 Å². The van der Waals surface area contributed by atoms with Gasteiger partial charge in [0.2, 0.25) is 10.0 Å². The molecule has 0 aromatic carbocycles. The second-order valence-electron chi connectivity index (χ2n) is 4.72. The molecule has 0 radical (unpaired) electrons. The van der Waals surface area contributed by atoms with Gasteiger partial charge >= 0.3 is 0 Å². The molecular weight excluding hydrogens is 236 g/mol. The maximum atomic E-state index is 10.8. The fourth-order valence-electron chi connectivity index (χ4n) is 1.71. The Morgan fingerprint density at radius 2 is 1.71 bits per heavy atom. The van der Waals surface area contributed by atoms with Gasteiger partial charge in [0.05, 0.1) is 6.26 Å². The Labute approximate surface area is 107 Å². The molecule has 0 aliphatic carbocycles. The van der Waals surface area contributed by atoms with Gasteiger partial charge in [-0.3, -0.25) is 0 Å². The summed E-state index contributed by atoms with van der Waals surface area (Å²) in [6.07, 6.45) is 8.87. The number of sulfonamides is 1. The van der Waals surface area contributed by atoms with E-state index in [4.69, 9.17) is 0 Å². The fourth-order valence-corrected chi connectivity index (χ4v) is 2.18. The molecule has 0 spiro atoms. The summed E-state index contributed by atoms with van der Waals surface area (Å²) in [6.45, 7) is 5.54. The van der Waals surface area contributed by atoms with Gasteiger partial charge in [-0.15, -0.1) is 0 Å². The topological polar surface area (TPSA) is 58.2 Å². The zero-order chi connectivity index (χ0) is 13.1. The van der Waals surface area contributed by atoms with Crippen LogP contribution in [0, 0.1) is 0 Å². The summed E-state index contributed by atoms with van der Waals surface area (Å²) in [4.78, 5) is 0. The predicted octanol–water partition coefficient (Wildman–Crippen LogP) is 1.87. The van der Waals surface area contributed by atoms with Crippen LogP contribution in [0.25, 0.3) is 0 Å². The minimum atomic E-state index is -3.04. The summed E-state index contributed by atoms with van der Waals surface area (Å²) in [6, 6.07) is 0.470. The standard InChI is InChI=1S/C12H28N2O2S/c1-4-5-6-7-8-9-12(2)13-10-11-14-17(3,15)16/h12-14H,4-11H2,1-3H3. The Bertz CT molecular complexity index is 266. The van der Waals surface area contributed by atoms with Crippen LogP contribution in [0.2, 0.25) is 0 Å². The molecule has 0 amide bonds. The Morgan fingerprint density at radius 3 is 2.29 bits per heavy atom. The summed E-state index contributed by atoms with van der Waals surface area (Å²) >= 11 is 0. The van der Waals surface area contributed by atoms with Crippen molar-refractivity contribution in [3.63, 3.8) is 0 Å². The highest BCUT2D eigenvalue weighted by Crippen LogP contribution is 2.06. The molecule has 0 aliphatic rings. The first-order valence-electron chi connectivity index (χ1n) is 6.63. The Morgan fingerprint density at radius 1 is 1.06 bits per heavy atom. The highest BCUT2D eigenvalue weighted by molar-refractivity contribution is 7.88. The molecule has 17 heavy (non-hydrogen) atoms. The van der Waals surface area contributed by atoms with Gasteiger partial charge in [-0.2, -0.15) is 0 Å². The van der Waals surface area contributed by atoms with E-state index < -0.39 is 10.0 Å². The summed E-state index contributed by atoms with van der Waals surface area (Å²) in [5, 5.41) is 3.32. The molecule has 0 heterocycles. The zero-order valence-corrected chi connectivity index (χ0v) is 12.3. The first-order chi connectivity index (χ1) is 7.95. The van der Waals surface area contributed by atoms with Crippen LogP contribution in [0.15, 0.2) is 0 Å². The first-order valence-corrected chi connectivity index (χ1v) is 8.53. The monoisotopic (exact) mass is 264 g/mol. The largest absolute Gasteiger partial charge is 0.313 e. The average Bonchev–Trinajstić information content (AvgIpc) is 2.23. The van der Waals surface area contributed by atoms with E-state index in [1.807, 2.05) is 0 Å². The molecule has 2 N–H and O–H groups in total. The minimum absolute atomic E-state index is 0.470. The van der Waals surface area contributed by atoms with Crippen LogP contribution in [0.4, 0.5) is 0 Å². The van der Waals surface area contributed by atoms with Gasteiger partial charge in [0, 0.05) is 19.1 Å². The zero-order valence-electron chi connectivity index (χ0n) is 11.5. The molecule has 0 aliphatic heterocycles. The lowest BCUT2D eigenvalue weighted by Crippen LogP contribution is -2.35. The number of hydrogen-bond donors (Lipinski definition) is 2. The lowest BCUT2D eigenvalue weighted by Gasteiger charge is -2.13. The normalized spacial score (nSPS) is 13.8. The highest BCUT2D eigenvalue weighted by Gasteiger charge is 2.02. The van der Waals surface area contributed by atoms with Gasteiger partial charge in [-0.1, -0.05) is 39.0 Å². The van der Waals surface area contributed by atoms with Crippen molar-refractivity contribution in [2.24, 2.45) is 0 Å². The van der Waals surface area contributed by atoms with Crippen molar-refractivity contribution in [3.8, 4) is 0 Å². The van der Waals surface area contributed by atoms with Gasteiger partial charge in [-0.25, -0.2) is 13.1 Å². The summed E-state index contributed by atoms with van der Waals surface area (Å²) in [5.41, 5.74) is 0. The van der Waals surface area contributed by atoms with Crippen molar-refractivity contribution >= 4 is 10.0 Å². The van der Waals surface area contributed by atoms with Gasteiger partial charge < -0.3 is 5.32 Å². The molecule has 5 heteroatoms. The number of unbranched alkanes of at least 4 members (excludes halogenated alkanes) is 4. The molecule has 0 saturated heterocycles. The van der Waals surface area contributed by atoms with Crippen LogP contribution in [-0.2, 0) is 10.0 Å². The van der Waals surface area contributed by atoms with E-state index in [0.717, 1.165) is 0 Å². The minimum Gasteiger partial charge on any atom is -0.313 e. The highest BCUT2D eigenvalue weighted by atomic mass is 32.2. The SMILES string of the molecule is CCCCCCCC(C)NCCNS(C)(=O)=O. The van der Waals surface area contributed by atoms with Crippen molar-refractivity contribution in [1.82, 2.24) is 10.0 Å². The van der Waals surface area contributed by atoms with Gasteiger partial charge in [-0.05, 0) is 13.3 Å². The van der Waals surface area contributed by atoms with E-state index in [9.17, 15) is 8.42 Å². The molecule has 4 nitrogen and oxygen atoms in total. The smallest absolute Gasteiger partial charge is 0.208 e. The molecule has 1 atom stereocenters.